The van der Waals surface area contributed by atoms with Crippen molar-refractivity contribution in [1.29, 1.82) is 5.26 Å². The first-order valence-corrected chi connectivity index (χ1v) is 5.71. The van der Waals surface area contributed by atoms with E-state index in [2.05, 4.69) is 31.6 Å². The fourth-order valence-corrected chi connectivity index (χ4v) is 1.81. The van der Waals surface area contributed by atoms with Crippen molar-refractivity contribution in [1.82, 2.24) is 20.2 Å². The van der Waals surface area contributed by atoms with E-state index in [-0.39, 0.29) is 0 Å². The predicted octanol–water partition coefficient (Wildman–Crippen LogP) is 2.28. The van der Waals surface area contributed by atoms with E-state index in [1.54, 1.807) is 12.1 Å². The van der Waals surface area contributed by atoms with Crippen LogP contribution in [0.1, 0.15) is 11.3 Å². The molecule has 0 atom stereocenters. The first-order chi connectivity index (χ1) is 9.28. The van der Waals surface area contributed by atoms with Gasteiger partial charge in [0.15, 0.2) is 11.3 Å². The third kappa shape index (κ3) is 1.98. The van der Waals surface area contributed by atoms with Gasteiger partial charge in [-0.15, -0.1) is 0 Å². The Morgan fingerprint density at radius 1 is 1.16 bits per heavy atom. The standard InChI is InChI=1S/C13H10N6/c1-8-11-12(19-18-8)13(16-7-15-11)17-10-4-2-9(6-14)3-5-10/h2-5,7H,1H3,(H,18,19)(H,15,16,17). The number of fused-ring (bicyclic) bond motifs is 1. The minimum Gasteiger partial charge on any atom is -0.338 e. The summed E-state index contributed by atoms with van der Waals surface area (Å²) >= 11 is 0. The minimum atomic E-state index is 0.619. The molecule has 0 radical (unpaired) electrons. The zero-order chi connectivity index (χ0) is 13.2. The van der Waals surface area contributed by atoms with Gasteiger partial charge in [-0.2, -0.15) is 10.4 Å². The quantitative estimate of drug-likeness (QED) is 0.728. The Morgan fingerprint density at radius 2 is 1.95 bits per heavy atom. The molecule has 0 fully saturated rings. The highest BCUT2D eigenvalue weighted by Gasteiger charge is 2.09. The molecule has 0 unspecified atom stereocenters. The van der Waals surface area contributed by atoms with E-state index < -0.39 is 0 Å². The number of benzene rings is 1. The number of hydrogen-bond donors (Lipinski definition) is 2. The summed E-state index contributed by atoms with van der Waals surface area (Å²) in [5.41, 5.74) is 3.87. The second-order valence-electron chi connectivity index (χ2n) is 4.08. The molecule has 0 aliphatic carbocycles. The largest absolute Gasteiger partial charge is 0.338 e. The van der Waals surface area contributed by atoms with Crippen LogP contribution in [0.5, 0.6) is 0 Å². The molecule has 0 aliphatic rings. The molecule has 0 bridgehead atoms. The van der Waals surface area contributed by atoms with Crippen molar-refractivity contribution in [3.8, 4) is 6.07 Å². The molecular weight excluding hydrogens is 240 g/mol. The van der Waals surface area contributed by atoms with Gasteiger partial charge in [0.2, 0.25) is 0 Å². The summed E-state index contributed by atoms with van der Waals surface area (Å²) in [6.45, 7) is 1.91. The molecule has 3 aromatic rings. The van der Waals surface area contributed by atoms with Crippen LogP contribution in [0, 0.1) is 18.3 Å². The normalized spacial score (nSPS) is 10.3. The Morgan fingerprint density at radius 3 is 2.68 bits per heavy atom. The molecule has 6 nitrogen and oxygen atoms in total. The van der Waals surface area contributed by atoms with E-state index in [0.717, 1.165) is 16.9 Å². The SMILES string of the molecule is Cc1[nH]nc2c(Nc3ccc(C#N)cc3)ncnc12. The van der Waals surface area contributed by atoms with Gasteiger partial charge in [-0.1, -0.05) is 0 Å². The molecule has 3 rings (SSSR count). The summed E-state index contributed by atoms with van der Waals surface area (Å²) in [7, 11) is 0. The molecule has 6 heteroatoms. The zero-order valence-electron chi connectivity index (χ0n) is 10.2. The van der Waals surface area contributed by atoms with Crippen molar-refractivity contribution in [2.75, 3.05) is 5.32 Å². The average Bonchev–Trinajstić information content (AvgIpc) is 2.83. The monoisotopic (exact) mass is 250 g/mol. The predicted molar refractivity (Wildman–Crippen MR) is 70.9 cm³/mol. The lowest BCUT2D eigenvalue weighted by Crippen LogP contribution is -1.95. The Hall–Kier alpha value is -2.94. The number of rotatable bonds is 2. The van der Waals surface area contributed by atoms with Crippen molar-refractivity contribution in [3.63, 3.8) is 0 Å². The van der Waals surface area contributed by atoms with Crippen LogP contribution in [0.25, 0.3) is 11.0 Å². The van der Waals surface area contributed by atoms with E-state index >= 15 is 0 Å². The summed E-state index contributed by atoms with van der Waals surface area (Å²) in [6.07, 6.45) is 1.50. The second kappa shape index (κ2) is 4.38. The van der Waals surface area contributed by atoms with Crippen molar-refractivity contribution in [2.45, 2.75) is 6.92 Å². The topological polar surface area (TPSA) is 90.3 Å². The molecule has 0 aliphatic heterocycles. The lowest BCUT2D eigenvalue weighted by molar-refractivity contribution is 1.07. The Kier molecular flexibility index (Phi) is 2.58. The van der Waals surface area contributed by atoms with Gasteiger partial charge in [-0.25, -0.2) is 9.97 Å². The van der Waals surface area contributed by atoms with E-state index in [9.17, 15) is 0 Å². The maximum atomic E-state index is 8.76. The second-order valence-corrected chi connectivity index (χ2v) is 4.08. The number of anilines is 2. The molecule has 0 spiro atoms. The van der Waals surface area contributed by atoms with E-state index in [0.29, 0.717) is 16.9 Å². The zero-order valence-corrected chi connectivity index (χ0v) is 10.2. The van der Waals surface area contributed by atoms with Gasteiger partial charge >= 0.3 is 0 Å². The summed E-state index contributed by atoms with van der Waals surface area (Å²) < 4.78 is 0. The highest BCUT2D eigenvalue weighted by molar-refractivity contribution is 5.88. The lowest BCUT2D eigenvalue weighted by atomic mass is 10.2. The van der Waals surface area contributed by atoms with Crippen LogP contribution < -0.4 is 5.32 Å². The molecule has 0 saturated heterocycles. The smallest absolute Gasteiger partial charge is 0.162 e. The molecule has 1 aromatic carbocycles. The first-order valence-electron chi connectivity index (χ1n) is 5.71. The van der Waals surface area contributed by atoms with Crippen LogP contribution in [0.4, 0.5) is 11.5 Å². The molecule has 0 saturated carbocycles. The van der Waals surface area contributed by atoms with E-state index in [1.165, 1.54) is 6.33 Å². The maximum Gasteiger partial charge on any atom is 0.162 e. The highest BCUT2D eigenvalue weighted by atomic mass is 15.2. The third-order valence-electron chi connectivity index (χ3n) is 2.79. The van der Waals surface area contributed by atoms with Crippen molar-refractivity contribution in [2.24, 2.45) is 0 Å². The third-order valence-corrected chi connectivity index (χ3v) is 2.79. The van der Waals surface area contributed by atoms with Gasteiger partial charge in [0.05, 0.1) is 17.3 Å². The Bertz CT molecular complexity index is 766. The van der Waals surface area contributed by atoms with Gasteiger partial charge in [0, 0.05) is 5.69 Å². The Labute approximate surface area is 109 Å². The fourth-order valence-electron chi connectivity index (χ4n) is 1.81. The maximum absolute atomic E-state index is 8.76. The van der Waals surface area contributed by atoms with Crippen LogP contribution in [0.3, 0.4) is 0 Å². The number of aromatic amines is 1. The molecule has 2 aromatic heterocycles. The van der Waals surface area contributed by atoms with Crippen LogP contribution in [0.15, 0.2) is 30.6 Å². The van der Waals surface area contributed by atoms with E-state index in [4.69, 9.17) is 5.26 Å². The fraction of sp³-hybridized carbons (Fsp3) is 0.0769. The molecule has 92 valence electrons. The molecule has 19 heavy (non-hydrogen) atoms. The van der Waals surface area contributed by atoms with Crippen LogP contribution >= 0.6 is 0 Å². The summed E-state index contributed by atoms with van der Waals surface area (Å²) in [6, 6.07) is 9.22. The van der Waals surface area contributed by atoms with Gasteiger partial charge in [-0.05, 0) is 31.2 Å². The summed E-state index contributed by atoms with van der Waals surface area (Å²) in [5, 5.41) is 19.0. The number of nitrogens with zero attached hydrogens (tertiary/aromatic N) is 4. The number of aromatic nitrogens is 4. The number of nitriles is 1. The van der Waals surface area contributed by atoms with Crippen LogP contribution in [-0.4, -0.2) is 20.2 Å². The Balaban J connectivity index is 1.98. The van der Waals surface area contributed by atoms with Gasteiger partial charge in [0.1, 0.15) is 11.8 Å². The lowest BCUT2D eigenvalue weighted by Gasteiger charge is -2.05. The number of hydrogen-bond acceptors (Lipinski definition) is 5. The average molecular weight is 250 g/mol. The van der Waals surface area contributed by atoms with E-state index in [1.807, 2.05) is 19.1 Å². The van der Waals surface area contributed by atoms with Crippen molar-refractivity contribution < 1.29 is 0 Å². The number of aryl methyl sites for hydroxylation is 1. The van der Waals surface area contributed by atoms with Gasteiger partial charge in [0.25, 0.3) is 0 Å². The molecule has 2 heterocycles. The molecular formula is C13H10N6. The van der Waals surface area contributed by atoms with Crippen LogP contribution in [0.2, 0.25) is 0 Å². The molecule has 2 N–H and O–H groups in total. The first kappa shape index (κ1) is 11.2. The molecule has 0 amide bonds. The summed E-state index contributed by atoms with van der Waals surface area (Å²) in [5.74, 6) is 0.638. The minimum absolute atomic E-state index is 0.619. The van der Waals surface area contributed by atoms with Crippen molar-refractivity contribution in [3.05, 3.63) is 41.9 Å². The summed E-state index contributed by atoms with van der Waals surface area (Å²) in [4.78, 5) is 8.37. The van der Waals surface area contributed by atoms with Crippen LogP contribution in [-0.2, 0) is 0 Å². The number of nitrogens with one attached hydrogen (secondary N) is 2. The highest BCUT2D eigenvalue weighted by Crippen LogP contribution is 2.22. The van der Waals surface area contributed by atoms with Gasteiger partial charge < -0.3 is 5.32 Å². The number of H-pyrrole nitrogens is 1. The van der Waals surface area contributed by atoms with Crippen molar-refractivity contribution >= 4 is 22.5 Å². The van der Waals surface area contributed by atoms with Gasteiger partial charge in [-0.3, -0.25) is 5.10 Å².